The number of carbonyl (C=O) groups is 2. The molecule has 0 saturated carbocycles. The molecule has 3 rings (SSSR count). The van der Waals surface area contributed by atoms with Crippen LogP contribution in [0, 0.1) is 6.92 Å². The third-order valence-electron chi connectivity index (χ3n) is 4.49. The Labute approximate surface area is 152 Å². The smallest absolute Gasteiger partial charge is 0.251 e. The van der Waals surface area contributed by atoms with E-state index >= 15 is 0 Å². The van der Waals surface area contributed by atoms with Crippen LogP contribution in [0.1, 0.15) is 28.7 Å². The third-order valence-corrected chi connectivity index (χ3v) is 4.49. The van der Waals surface area contributed by atoms with Gasteiger partial charge in [-0.1, -0.05) is 23.4 Å². The van der Waals surface area contributed by atoms with Crippen LogP contribution >= 0.6 is 0 Å². The number of rotatable bonds is 5. The Bertz CT molecular complexity index is 751. The molecule has 1 aliphatic rings. The van der Waals surface area contributed by atoms with Crippen LogP contribution in [-0.2, 0) is 11.3 Å². The molecular weight excluding hydrogens is 332 g/mol. The molecule has 1 aromatic heterocycles. The molecule has 1 aromatic carbocycles. The molecule has 1 aliphatic heterocycles. The minimum absolute atomic E-state index is 0.0514. The first-order chi connectivity index (χ1) is 12.5. The molecule has 7 nitrogen and oxygen atoms in total. The highest BCUT2D eigenvalue weighted by Crippen LogP contribution is 2.11. The van der Waals surface area contributed by atoms with Gasteiger partial charge in [-0.05, 0) is 26.0 Å². The lowest BCUT2D eigenvalue weighted by molar-refractivity contribution is -0.134. The topological polar surface area (TPSA) is 78.7 Å². The van der Waals surface area contributed by atoms with E-state index in [1.807, 2.05) is 19.1 Å². The van der Waals surface area contributed by atoms with Crippen molar-refractivity contribution in [2.24, 2.45) is 0 Å². The summed E-state index contributed by atoms with van der Waals surface area (Å²) < 4.78 is 5.25. The number of benzene rings is 1. The molecular formula is C19H24N4O3. The van der Waals surface area contributed by atoms with E-state index in [0.717, 1.165) is 24.5 Å². The second kappa shape index (κ2) is 8.14. The number of aryl methyl sites for hydroxylation is 1. The van der Waals surface area contributed by atoms with Gasteiger partial charge in [0.05, 0.1) is 12.2 Å². The monoisotopic (exact) mass is 356 g/mol. The van der Waals surface area contributed by atoms with E-state index in [4.69, 9.17) is 4.52 Å². The summed E-state index contributed by atoms with van der Waals surface area (Å²) in [4.78, 5) is 28.8. The second-order valence-electron chi connectivity index (χ2n) is 6.60. The molecule has 1 N–H and O–H groups in total. The minimum atomic E-state index is -0.550. The first kappa shape index (κ1) is 18.1. The number of amides is 2. The second-order valence-corrected chi connectivity index (χ2v) is 6.60. The highest BCUT2D eigenvalue weighted by molar-refractivity contribution is 5.97. The lowest BCUT2D eigenvalue weighted by atomic mass is 10.2. The minimum Gasteiger partial charge on any atom is -0.360 e. The van der Waals surface area contributed by atoms with E-state index in [1.54, 1.807) is 36.1 Å². The van der Waals surface area contributed by atoms with E-state index in [0.29, 0.717) is 25.2 Å². The van der Waals surface area contributed by atoms with Crippen molar-refractivity contribution in [3.63, 3.8) is 0 Å². The summed E-state index contributed by atoms with van der Waals surface area (Å²) in [5.41, 5.74) is 1.43. The fourth-order valence-electron chi connectivity index (χ4n) is 3.04. The standard InChI is InChI=1S/C19H24N4O3/c1-14-12-17(26-21-14)13-22-8-10-23(11-9-22)19(25)15(2)20-18(24)16-6-4-3-5-7-16/h3-7,12,15H,8-11,13H2,1-2H3,(H,20,24). The van der Waals surface area contributed by atoms with Crippen LogP contribution in [0.15, 0.2) is 40.9 Å². The summed E-state index contributed by atoms with van der Waals surface area (Å²) in [5, 5.41) is 6.67. The van der Waals surface area contributed by atoms with Gasteiger partial charge in [-0.25, -0.2) is 0 Å². The van der Waals surface area contributed by atoms with Gasteiger partial charge in [-0.3, -0.25) is 14.5 Å². The van der Waals surface area contributed by atoms with Crippen LogP contribution < -0.4 is 5.32 Å². The number of hydrogen-bond acceptors (Lipinski definition) is 5. The number of hydrogen-bond donors (Lipinski definition) is 1. The number of nitrogens with zero attached hydrogens (tertiary/aromatic N) is 3. The van der Waals surface area contributed by atoms with E-state index in [-0.39, 0.29) is 11.8 Å². The van der Waals surface area contributed by atoms with Crippen molar-refractivity contribution in [1.82, 2.24) is 20.3 Å². The largest absolute Gasteiger partial charge is 0.360 e. The maximum Gasteiger partial charge on any atom is 0.251 e. The van der Waals surface area contributed by atoms with Gasteiger partial charge in [-0.15, -0.1) is 0 Å². The SMILES string of the molecule is Cc1cc(CN2CCN(C(=O)C(C)NC(=O)c3ccccc3)CC2)on1. The van der Waals surface area contributed by atoms with Crippen molar-refractivity contribution in [2.75, 3.05) is 26.2 Å². The van der Waals surface area contributed by atoms with Crippen LogP contribution in [0.2, 0.25) is 0 Å². The molecule has 1 unspecified atom stereocenters. The molecule has 2 heterocycles. The van der Waals surface area contributed by atoms with E-state index in [2.05, 4.69) is 15.4 Å². The first-order valence-corrected chi connectivity index (χ1v) is 8.82. The summed E-state index contributed by atoms with van der Waals surface area (Å²) in [5.74, 6) is 0.556. The number of piperazine rings is 1. The molecule has 2 amide bonds. The molecule has 7 heteroatoms. The Morgan fingerprint density at radius 3 is 2.50 bits per heavy atom. The van der Waals surface area contributed by atoms with Gasteiger partial charge in [0.1, 0.15) is 6.04 Å². The zero-order valence-corrected chi connectivity index (χ0v) is 15.1. The average molecular weight is 356 g/mol. The lowest BCUT2D eigenvalue weighted by Gasteiger charge is -2.35. The van der Waals surface area contributed by atoms with E-state index < -0.39 is 6.04 Å². The van der Waals surface area contributed by atoms with E-state index in [1.165, 1.54) is 0 Å². The van der Waals surface area contributed by atoms with Gasteiger partial charge in [0.15, 0.2) is 5.76 Å². The molecule has 1 saturated heterocycles. The summed E-state index contributed by atoms with van der Waals surface area (Å²) in [7, 11) is 0. The van der Waals surface area contributed by atoms with Gasteiger partial charge in [0.2, 0.25) is 5.91 Å². The van der Waals surface area contributed by atoms with Crippen molar-refractivity contribution in [3.8, 4) is 0 Å². The average Bonchev–Trinajstić information content (AvgIpc) is 3.07. The fraction of sp³-hybridized carbons (Fsp3) is 0.421. The van der Waals surface area contributed by atoms with Crippen LogP contribution in [-0.4, -0.2) is 59.0 Å². The zero-order valence-electron chi connectivity index (χ0n) is 15.1. The molecule has 2 aromatic rings. The Morgan fingerprint density at radius 2 is 1.88 bits per heavy atom. The maximum atomic E-state index is 12.6. The number of aromatic nitrogens is 1. The molecule has 1 atom stereocenters. The highest BCUT2D eigenvalue weighted by Gasteiger charge is 2.26. The predicted molar refractivity (Wildman–Crippen MR) is 96.5 cm³/mol. The summed E-state index contributed by atoms with van der Waals surface area (Å²) in [6.07, 6.45) is 0. The van der Waals surface area contributed by atoms with Gasteiger partial charge in [0.25, 0.3) is 5.91 Å². The van der Waals surface area contributed by atoms with Crippen molar-refractivity contribution in [1.29, 1.82) is 0 Å². The van der Waals surface area contributed by atoms with Crippen molar-refractivity contribution < 1.29 is 14.1 Å². The van der Waals surface area contributed by atoms with E-state index in [9.17, 15) is 9.59 Å². The normalized spacial score (nSPS) is 16.3. The molecule has 0 spiro atoms. The van der Waals surface area contributed by atoms with Crippen molar-refractivity contribution >= 4 is 11.8 Å². The van der Waals surface area contributed by atoms with Crippen LogP contribution in [0.25, 0.3) is 0 Å². The Hall–Kier alpha value is -2.67. The summed E-state index contributed by atoms with van der Waals surface area (Å²) >= 11 is 0. The quantitative estimate of drug-likeness (QED) is 0.877. The van der Waals surface area contributed by atoms with Crippen LogP contribution in [0.5, 0.6) is 0 Å². The first-order valence-electron chi connectivity index (χ1n) is 8.82. The molecule has 138 valence electrons. The van der Waals surface area contributed by atoms with Crippen LogP contribution in [0.3, 0.4) is 0 Å². The van der Waals surface area contributed by atoms with Crippen LogP contribution in [0.4, 0.5) is 0 Å². The Morgan fingerprint density at radius 1 is 1.19 bits per heavy atom. The van der Waals surface area contributed by atoms with Gasteiger partial charge >= 0.3 is 0 Å². The van der Waals surface area contributed by atoms with Crippen molar-refractivity contribution in [2.45, 2.75) is 26.4 Å². The molecule has 0 bridgehead atoms. The molecule has 1 fully saturated rings. The molecule has 0 aliphatic carbocycles. The summed E-state index contributed by atoms with van der Waals surface area (Å²) in [6, 6.07) is 10.3. The Balaban J connectivity index is 1.47. The summed E-state index contributed by atoms with van der Waals surface area (Å²) in [6.45, 7) is 7.13. The van der Waals surface area contributed by atoms with Gasteiger partial charge in [0, 0.05) is 37.8 Å². The lowest BCUT2D eigenvalue weighted by Crippen LogP contribution is -2.53. The third kappa shape index (κ3) is 4.49. The van der Waals surface area contributed by atoms with Gasteiger partial charge in [-0.2, -0.15) is 0 Å². The number of carbonyl (C=O) groups excluding carboxylic acids is 2. The maximum absolute atomic E-state index is 12.6. The molecule has 26 heavy (non-hydrogen) atoms. The number of nitrogens with one attached hydrogen (secondary N) is 1. The Kier molecular flexibility index (Phi) is 5.68. The van der Waals surface area contributed by atoms with Crippen molar-refractivity contribution in [3.05, 3.63) is 53.4 Å². The van der Waals surface area contributed by atoms with Gasteiger partial charge < -0.3 is 14.7 Å². The molecule has 0 radical (unpaired) electrons. The zero-order chi connectivity index (χ0) is 18.5. The predicted octanol–water partition coefficient (Wildman–Crippen LogP) is 1.45. The fourth-order valence-corrected chi connectivity index (χ4v) is 3.04. The highest BCUT2D eigenvalue weighted by atomic mass is 16.5.